The Hall–Kier alpha value is -1.06. The average Bonchev–Trinajstić information content (AvgIpc) is 2.65. The molecular weight excluding hydrogens is 256 g/mol. The molecule has 0 saturated carbocycles. The van der Waals surface area contributed by atoms with Gasteiger partial charge < -0.3 is 9.52 Å². The van der Waals surface area contributed by atoms with Gasteiger partial charge in [-0.3, -0.25) is 0 Å². The van der Waals surface area contributed by atoms with Crippen LogP contribution in [0.3, 0.4) is 0 Å². The zero-order chi connectivity index (χ0) is 10.8. The van der Waals surface area contributed by atoms with E-state index in [-0.39, 0.29) is 0 Å². The molecule has 0 saturated heterocycles. The van der Waals surface area contributed by atoms with Crippen LogP contribution in [0.1, 0.15) is 23.0 Å². The number of halogens is 1. The number of benzene rings is 1. The monoisotopic (exact) mass is 266 g/mol. The van der Waals surface area contributed by atoms with Crippen LogP contribution >= 0.6 is 15.9 Å². The van der Waals surface area contributed by atoms with Crippen molar-refractivity contribution >= 4 is 15.9 Å². The number of hydrogen-bond acceptors (Lipinski definition) is 2. The van der Waals surface area contributed by atoms with Crippen LogP contribution in [-0.2, 0) is 0 Å². The van der Waals surface area contributed by atoms with Crippen LogP contribution < -0.4 is 0 Å². The van der Waals surface area contributed by atoms with Gasteiger partial charge in [0, 0.05) is 0 Å². The van der Waals surface area contributed by atoms with E-state index in [4.69, 9.17) is 4.42 Å². The van der Waals surface area contributed by atoms with Crippen molar-refractivity contribution in [3.63, 3.8) is 0 Å². The zero-order valence-corrected chi connectivity index (χ0v) is 9.86. The molecule has 2 rings (SSSR count). The molecule has 0 fully saturated rings. The summed E-state index contributed by atoms with van der Waals surface area (Å²) in [6.45, 7) is 2.01. The highest BCUT2D eigenvalue weighted by molar-refractivity contribution is 9.10. The maximum atomic E-state index is 10.0. The molecule has 1 heterocycles. The molecule has 2 aromatic rings. The van der Waals surface area contributed by atoms with Gasteiger partial charge in [0.15, 0.2) is 5.76 Å². The van der Waals surface area contributed by atoms with E-state index in [9.17, 15) is 5.11 Å². The number of aliphatic hydroxyl groups excluding tert-OH is 1. The highest BCUT2D eigenvalue weighted by atomic mass is 79.9. The number of aliphatic hydroxyl groups is 1. The molecule has 0 spiro atoms. The summed E-state index contributed by atoms with van der Waals surface area (Å²) in [5.74, 6) is 0.541. The second kappa shape index (κ2) is 4.21. The van der Waals surface area contributed by atoms with Gasteiger partial charge in [-0.25, -0.2) is 0 Å². The van der Waals surface area contributed by atoms with Crippen molar-refractivity contribution in [2.75, 3.05) is 0 Å². The molecule has 0 bridgehead atoms. The highest BCUT2D eigenvalue weighted by Gasteiger charge is 2.16. The van der Waals surface area contributed by atoms with E-state index in [0.717, 1.165) is 10.0 Å². The molecule has 0 aliphatic heterocycles. The Morgan fingerprint density at radius 1 is 1.20 bits per heavy atom. The second-order valence-corrected chi connectivity index (χ2v) is 4.30. The fourth-order valence-corrected chi connectivity index (χ4v) is 1.82. The summed E-state index contributed by atoms with van der Waals surface area (Å²) in [4.78, 5) is 0. The highest BCUT2D eigenvalue weighted by Crippen LogP contribution is 2.29. The summed E-state index contributed by atoms with van der Waals surface area (Å²) in [7, 11) is 0. The predicted octanol–water partition coefficient (Wildman–Crippen LogP) is 3.43. The summed E-state index contributed by atoms with van der Waals surface area (Å²) >= 11 is 3.32. The zero-order valence-electron chi connectivity index (χ0n) is 8.27. The van der Waals surface area contributed by atoms with Gasteiger partial charge in [-0.1, -0.05) is 29.8 Å². The largest absolute Gasteiger partial charge is 0.465 e. The molecule has 1 N–H and O–H groups in total. The van der Waals surface area contributed by atoms with Gasteiger partial charge >= 0.3 is 0 Å². The van der Waals surface area contributed by atoms with Crippen LogP contribution in [0.15, 0.2) is 45.5 Å². The normalized spacial score (nSPS) is 12.7. The van der Waals surface area contributed by atoms with Crippen molar-refractivity contribution in [1.29, 1.82) is 0 Å². The maximum absolute atomic E-state index is 10.0. The Morgan fingerprint density at radius 3 is 2.40 bits per heavy atom. The van der Waals surface area contributed by atoms with Crippen molar-refractivity contribution < 1.29 is 9.52 Å². The van der Waals surface area contributed by atoms with Gasteiger partial charge in [0.05, 0.1) is 10.7 Å². The lowest BCUT2D eigenvalue weighted by Crippen LogP contribution is -1.98. The van der Waals surface area contributed by atoms with Crippen LogP contribution in [0.2, 0.25) is 0 Å². The van der Waals surface area contributed by atoms with Gasteiger partial charge in [-0.2, -0.15) is 0 Å². The molecule has 1 aromatic carbocycles. The van der Waals surface area contributed by atoms with E-state index in [1.807, 2.05) is 31.2 Å². The fraction of sp³-hybridized carbons (Fsp3) is 0.167. The molecule has 2 nitrogen and oxygen atoms in total. The molecular formula is C12H11BrO2. The number of furan rings is 1. The number of rotatable bonds is 2. The van der Waals surface area contributed by atoms with Crippen molar-refractivity contribution in [1.82, 2.24) is 0 Å². The molecule has 1 aromatic heterocycles. The summed E-state index contributed by atoms with van der Waals surface area (Å²) in [6.07, 6.45) is 0.839. The first-order chi connectivity index (χ1) is 7.18. The van der Waals surface area contributed by atoms with Crippen molar-refractivity contribution in [3.8, 4) is 0 Å². The average molecular weight is 267 g/mol. The third-order valence-corrected chi connectivity index (χ3v) is 2.94. The van der Waals surface area contributed by atoms with Crippen LogP contribution in [0.25, 0.3) is 0 Å². The third kappa shape index (κ3) is 2.13. The standard InChI is InChI=1S/C12H11BrO2/c1-8-2-4-9(5-3-8)11(14)12-10(13)6-7-15-12/h2-7,11,14H,1H3. The molecule has 1 unspecified atom stereocenters. The van der Waals surface area contributed by atoms with Crippen molar-refractivity contribution in [2.45, 2.75) is 13.0 Å². The van der Waals surface area contributed by atoms with Gasteiger partial charge in [-0.05, 0) is 34.5 Å². The lowest BCUT2D eigenvalue weighted by molar-refractivity contribution is 0.188. The van der Waals surface area contributed by atoms with E-state index in [2.05, 4.69) is 15.9 Å². The minimum atomic E-state index is -0.713. The Kier molecular flexibility index (Phi) is 2.93. The van der Waals surface area contributed by atoms with E-state index in [0.29, 0.717) is 5.76 Å². The first-order valence-electron chi connectivity index (χ1n) is 4.66. The Balaban J connectivity index is 2.32. The van der Waals surface area contributed by atoms with E-state index in [1.165, 1.54) is 5.56 Å². The van der Waals surface area contributed by atoms with E-state index in [1.54, 1.807) is 12.3 Å². The maximum Gasteiger partial charge on any atom is 0.150 e. The Labute approximate surface area is 96.7 Å². The topological polar surface area (TPSA) is 33.4 Å². The van der Waals surface area contributed by atoms with E-state index < -0.39 is 6.10 Å². The molecule has 15 heavy (non-hydrogen) atoms. The first-order valence-corrected chi connectivity index (χ1v) is 5.45. The summed E-state index contributed by atoms with van der Waals surface area (Å²) in [5.41, 5.74) is 2.00. The predicted molar refractivity (Wildman–Crippen MR) is 61.6 cm³/mol. The molecule has 0 radical (unpaired) electrons. The van der Waals surface area contributed by atoms with Gasteiger partial charge in [-0.15, -0.1) is 0 Å². The molecule has 0 aliphatic rings. The first kappa shape index (κ1) is 10.5. The SMILES string of the molecule is Cc1ccc(C(O)c2occc2Br)cc1. The third-order valence-electron chi connectivity index (χ3n) is 2.29. The van der Waals surface area contributed by atoms with Gasteiger partial charge in [0.1, 0.15) is 6.10 Å². The second-order valence-electron chi connectivity index (χ2n) is 3.45. The summed E-state index contributed by atoms with van der Waals surface area (Å²) < 4.78 is 6.00. The van der Waals surface area contributed by atoms with Crippen LogP contribution in [0.5, 0.6) is 0 Å². The minimum Gasteiger partial charge on any atom is -0.465 e. The van der Waals surface area contributed by atoms with Crippen molar-refractivity contribution in [3.05, 3.63) is 58.0 Å². The van der Waals surface area contributed by atoms with Crippen LogP contribution in [0, 0.1) is 6.92 Å². The van der Waals surface area contributed by atoms with Crippen LogP contribution in [0.4, 0.5) is 0 Å². The molecule has 0 amide bonds. The van der Waals surface area contributed by atoms with Crippen LogP contribution in [-0.4, -0.2) is 5.11 Å². The lowest BCUT2D eigenvalue weighted by atomic mass is 10.1. The Bertz CT molecular complexity index is 445. The minimum absolute atomic E-state index is 0.541. The summed E-state index contributed by atoms with van der Waals surface area (Å²) in [6, 6.07) is 9.50. The molecule has 78 valence electrons. The molecule has 0 aliphatic carbocycles. The molecule has 3 heteroatoms. The number of hydrogen-bond donors (Lipinski definition) is 1. The quantitative estimate of drug-likeness (QED) is 0.904. The van der Waals surface area contributed by atoms with Gasteiger partial charge in [0.25, 0.3) is 0 Å². The number of aryl methyl sites for hydroxylation is 1. The summed E-state index contributed by atoms with van der Waals surface area (Å²) in [5, 5.41) is 10.0. The lowest BCUT2D eigenvalue weighted by Gasteiger charge is -2.08. The van der Waals surface area contributed by atoms with E-state index >= 15 is 0 Å². The smallest absolute Gasteiger partial charge is 0.150 e. The van der Waals surface area contributed by atoms with Gasteiger partial charge in [0.2, 0.25) is 0 Å². The Morgan fingerprint density at radius 2 is 1.87 bits per heavy atom. The molecule has 1 atom stereocenters. The fourth-order valence-electron chi connectivity index (χ4n) is 1.40. The van der Waals surface area contributed by atoms with Crippen molar-refractivity contribution in [2.24, 2.45) is 0 Å².